The first-order valence-electron chi connectivity index (χ1n) is 6.33. The summed E-state index contributed by atoms with van der Waals surface area (Å²) < 4.78 is 5.36. The molecule has 1 aliphatic heterocycles. The van der Waals surface area contributed by atoms with Crippen molar-refractivity contribution in [3.05, 3.63) is 0 Å². The van der Waals surface area contributed by atoms with Gasteiger partial charge < -0.3 is 15.8 Å². The number of nitrogens with two attached hydrogens (primary N) is 1. The smallest absolute Gasteiger partial charge is 0.234 e. The Morgan fingerprint density at radius 3 is 2.72 bits per heavy atom. The molecule has 108 valence electrons. The van der Waals surface area contributed by atoms with Crippen molar-refractivity contribution < 1.29 is 9.53 Å². The number of halogens is 1. The van der Waals surface area contributed by atoms with Crippen LogP contribution in [0.3, 0.4) is 0 Å². The maximum Gasteiger partial charge on any atom is 0.234 e. The highest BCUT2D eigenvalue weighted by Gasteiger charge is 2.28. The minimum atomic E-state index is 0. The van der Waals surface area contributed by atoms with Gasteiger partial charge in [-0.05, 0) is 26.7 Å². The number of nitrogens with one attached hydrogen (secondary N) is 1. The largest absolute Gasteiger partial charge is 0.381 e. The van der Waals surface area contributed by atoms with Crippen LogP contribution >= 0.6 is 12.4 Å². The molecule has 2 atom stereocenters. The molecule has 18 heavy (non-hydrogen) atoms. The number of carbonyl (C=O) groups is 1. The van der Waals surface area contributed by atoms with Gasteiger partial charge in [-0.25, -0.2) is 0 Å². The quantitative estimate of drug-likeness (QED) is 0.763. The van der Waals surface area contributed by atoms with Crippen molar-refractivity contribution >= 4 is 18.3 Å². The normalized spacial score (nSPS) is 24.7. The Bertz CT molecular complexity index is 251. The molecule has 0 aliphatic carbocycles. The second-order valence-electron chi connectivity index (χ2n) is 4.96. The number of hydrogen-bond acceptors (Lipinski definition) is 4. The first kappa shape index (κ1) is 17.6. The van der Waals surface area contributed by atoms with Crippen LogP contribution in [-0.4, -0.2) is 55.7 Å². The molecule has 0 spiro atoms. The SMILES string of the molecule is COC1CCN(CC(=O)NC(C)C)C(CN)C1.Cl. The lowest BCUT2D eigenvalue weighted by Gasteiger charge is -2.38. The van der Waals surface area contributed by atoms with Gasteiger partial charge in [-0.3, -0.25) is 9.69 Å². The van der Waals surface area contributed by atoms with Gasteiger partial charge in [0.25, 0.3) is 0 Å². The van der Waals surface area contributed by atoms with Gasteiger partial charge in [-0.15, -0.1) is 12.4 Å². The van der Waals surface area contributed by atoms with Crippen LogP contribution < -0.4 is 11.1 Å². The lowest BCUT2D eigenvalue weighted by atomic mass is 9.99. The van der Waals surface area contributed by atoms with E-state index in [4.69, 9.17) is 10.5 Å². The zero-order valence-corrected chi connectivity index (χ0v) is 12.3. The van der Waals surface area contributed by atoms with Crippen LogP contribution in [0.25, 0.3) is 0 Å². The monoisotopic (exact) mass is 279 g/mol. The third-order valence-electron chi connectivity index (χ3n) is 3.19. The molecule has 5 nitrogen and oxygen atoms in total. The van der Waals surface area contributed by atoms with E-state index in [1.165, 1.54) is 0 Å². The van der Waals surface area contributed by atoms with Crippen LogP contribution in [0.2, 0.25) is 0 Å². The average Bonchev–Trinajstić information content (AvgIpc) is 2.28. The van der Waals surface area contributed by atoms with E-state index in [9.17, 15) is 4.79 Å². The fourth-order valence-corrected chi connectivity index (χ4v) is 2.28. The molecule has 6 heteroatoms. The third-order valence-corrected chi connectivity index (χ3v) is 3.19. The second-order valence-corrected chi connectivity index (χ2v) is 4.96. The summed E-state index contributed by atoms with van der Waals surface area (Å²) in [5, 5.41) is 2.91. The topological polar surface area (TPSA) is 67.6 Å². The summed E-state index contributed by atoms with van der Waals surface area (Å²) in [4.78, 5) is 13.9. The van der Waals surface area contributed by atoms with Crippen LogP contribution in [0.5, 0.6) is 0 Å². The molecule has 2 unspecified atom stereocenters. The molecule has 1 heterocycles. The Kier molecular flexibility index (Phi) is 8.52. The first-order valence-corrected chi connectivity index (χ1v) is 6.33. The van der Waals surface area contributed by atoms with Gasteiger partial charge in [0, 0.05) is 32.3 Å². The molecule has 0 radical (unpaired) electrons. The van der Waals surface area contributed by atoms with E-state index < -0.39 is 0 Å². The van der Waals surface area contributed by atoms with E-state index in [1.54, 1.807) is 7.11 Å². The average molecular weight is 280 g/mol. The number of methoxy groups -OCH3 is 1. The molecule has 1 rings (SSSR count). The minimum Gasteiger partial charge on any atom is -0.381 e. The molecular weight excluding hydrogens is 254 g/mol. The molecule has 1 aliphatic rings. The summed E-state index contributed by atoms with van der Waals surface area (Å²) in [6.45, 7) is 5.84. The van der Waals surface area contributed by atoms with Crippen molar-refractivity contribution in [2.24, 2.45) is 5.73 Å². The van der Waals surface area contributed by atoms with Crippen molar-refractivity contribution in [3.63, 3.8) is 0 Å². The number of rotatable bonds is 5. The molecular formula is C12H26ClN3O2. The van der Waals surface area contributed by atoms with Gasteiger partial charge in [-0.2, -0.15) is 0 Å². The summed E-state index contributed by atoms with van der Waals surface area (Å²) in [5.41, 5.74) is 5.76. The highest BCUT2D eigenvalue weighted by Crippen LogP contribution is 2.18. The number of hydrogen-bond donors (Lipinski definition) is 2. The highest BCUT2D eigenvalue weighted by atomic mass is 35.5. The predicted octanol–water partition coefficient (Wildman–Crippen LogP) is 0.371. The summed E-state index contributed by atoms with van der Waals surface area (Å²) >= 11 is 0. The summed E-state index contributed by atoms with van der Waals surface area (Å²) in [7, 11) is 1.74. The molecule has 0 aromatic carbocycles. The molecule has 3 N–H and O–H groups in total. The Balaban J connectivity index is 0.00000289. The van der Waals surface area contributed by atoms with E-state index in [2.05, 4.69) is 10.2 Å². The molecule has 1 amide bonds. The van der Waals surface area contributed by atoms with E-state index in [0.717, 1.165) is 19.4 Å². The molecule has 1 saturated heterocycles. The minimum absolute atomic E-state index is 0. The lowest BCUT2D eigenvalue weighted by Crippen LogP contribution is -2.52. The van der Waals surface area contributed by atoms with Crippen LogP contribution in [0.1, 0.15) is 26.7 Å². The Labute approximate surface area is 116 Å². The fourth-order valence-electron chi connectivity index (χ4n) is 2.28. The zero-order chi connectivity index (χ0) is 12.8. The summed E-state index contributed by atoms with van der Waals surface area (Å²) in [5.74, 6) is 0.0781. The lowest BCUT2D eigenvalue weighted by molar-refractivity contribution is -0.124. The predicted molar refractivity (Wildman–Crippen MR) is 75.0 cm³/mol. The van der Waals surface area contributed by atoms with Gasteiger partial charge in [-0.1, -0.05) is 0 Å². The van der Waals surface area contributed by atoms with Crippen LogP contribution in [-0.2, 0) is 9.53 Å². The number of ether oxygens (including phenoxy) is 1. The maximum absolute atomic E-state index is 11.7. The van der Waals surface area contributed by atoms with Crippen molar-refractivity contribution in [1.82, 2.24) is 10.2 Å². The number of amides is 1. The number of carbonyl (C=O) groups excluding carboxylic acids is 1. The molecule has 0 saturated carbocycles. The van der Waals surface area contributed by atoms with Gasteiger partial charge in [0.1, 0.15) is 0 Å². The number of nitrogens with zero attached hydrogens (tertiary/aromatic N) is 1. The van der Waals surface area contributed by atoms with Crippen molar-refractivity contribution in [3.8, 4) is 0 Å². The zero-order valence-electron chi connectivity index (χ0n) is 11.5. The summed E-state index contributed by atoms with van der Waals surface area (Å²) in [6, 6.07) is 0.446. The van der Waals surface area contributed by atoms with Crippen molar-refractivity contribution in [2.45, 2.75) is 44.9 Å². The Hall–Kier alpha value is -0.360. The molecule has 1 fully saturated rings. The van der Waals surface area contributed by atoms with Gasteiger partial charge in [0.05, 0.1) is 12.6 Å². The van der Waals surface area contributed by atoms with Crippen LogP contribution in [0, 0.1) is 0 Å². The Morgan fingerprint density at radius 2 is 2.22 bits per heavy atom. The molecule has 0 aromatic rings. The first-order chi connectivity index (χ1) is 8.06. The number of likely N-dealkylation sites (tertiary alicyclic amines) is 1. The van der Waals surface area contributed by atoms with Crippen LogP contribution in [0.4, 0.5) is 0 Å². The van der Waals surface area contributed by atoms with E-state index >= 15 is 0 Å². The maximum atomic E-state index is 11.7. The van der Waals surface area contributed by atoms with Crippen LogP contribution in [0.15, 0.2) is 0 Å². The van der Waals surface area contributed by atoms with E-state index in [0.29, 0.717) is 13.1 Å². The molecule has 0 bridgehead atoms. The molecule has 0 aromatic heterocycles. The number of piperidine rings is 1. The van der Waals surface area contributed by atoms with Gasteiger partial charge in [0.15, 0.2) is 0 Å². The van der Waals surface area contributed by atoms with E-state index in [-0.39, 0.29) is 36.5 Å². The van der Waals surface area contributed by atoms with Crippen molar-refractivity contribution in [1.29, 1.82) is 0 Å². The second kappa shape index (κ2) is 8.69. The third kappa shape index (κ3) is 5.52. The fraction of sp³-hybridized carbons (Fsp3) is 0.917. The summed E-state index contributed by atoms with van der Waals surface area (Å²) in [6.07, 6.45) is 2.18. The van der Waals surface area contributed by atoms with Gasteiger partial charge in [0.2, 0.25) is 5.91 Å². The van der Waals surface area contributed by atoms with Gasteiger partial charge >= 0.3 is 0 Å². The standard InChI is InChI=1S/C12H25N3O2.ClH/c1-9(2)14-12(16)8-15-5-4-11(17-3)6-10(15)7-13;/h9-11H,4-8,13H2,1-3H3,(H,14,16);1H. The highest BCUT2D eigenvalue weighted by molar-refractivity contribution is 5.85. The van der Waals surface area contributed by atoms with Crippen molar-refractivity contribution in [2.75, 3.05) is 26.7 Å². The van der Waals surface area contributed by atoms with E-state index in [1.807, 2.05) is 13.8 Å². The Morgan fingerprint density at radius 1 is 1.56 bits per heavy atom.